The fourth-order valence-corrected chi connectivity index (χ4v) is 3.54. The number of nitrogens with zero attached hydrogens (tertiary/aromatic N) is 3. The topological polar surface area (TPSA) is 104 Å². The van der Waals surface area contributed by atoms with Gasteiger partial charge in [0.1, 0.15) is 5.69 Å². The van der Waals surface area contributed by atoms with Gasteiger partial charge in [0.25, 0.3) is 5.91 Å². The summed E-state index contributed by atoms with van der Waals surface area (Å²) in [5, 5.41) is 5.57. The van der Waals surface area contributed by atoms with E-state index in [1.807, 2.05) is 30.3 Å². The second-order valence-electron chi connectivity index (χ2n) is 7.26. The minimum absolute atomic E-state index is 0.0767. The van der Waals surface area contributed by atoms with E-state index in [0.29, 0.717) is 13.1 Å². The van der Waals surface area contributed by atoms with Crippen LogP contribution in [0.4, 0.5) is 0 Å². The number of rotatable bonds is 4. The van der Waals surface area contributed by atoms with E-state index in [4.69, 9.17) is 0 Å². The zero-order valence-electron chi connectivity index (χ0n) is 16.9. The van der Waals surface area contributed by atoms with E-state index in [0.717, 1.165) is 31.2 Å². The molecule has 1 aromatic carbocycles. The van der Waals surface area contributed by atoms with Gasteiger partial charge in [0.15, 0.2) is 0 Å². The first-order valence-corrected chi connectivity index (χ1v) is 10.3. The van der Waals surface area contributed by atoms with Gasteiger partial charge in [0.05, 0.1) is 25.2 Å². The Morgan fingerprint density at radius 3 is 2.67 bits per heavy atom. The fraction of sp³-hybridized carbons (Fsp3) is 0.409. The van der Waals surface area contributed by atoms with Crippen molar-refractivity contribution in [3.8, 4) is 0 Å². The molecule has 1 aromatic heterocycles. The predicted octanol–water partition coefficient (Wildman–Crippen LogP) is 1.86. The van der Waals surface area contributed by atoms with Crippen LogP contribution in [0.15, 0.2) is 48.9 Å². The van der Waals surface area contributed by atoms with Crippen LogP contribution < -0.4 is 10.6 Å². The molecule has 0 bridgehead atoms. The van der Waals surface area contributed by atoms with Crippen LogP contribution in [0.25, 0.3) is 0 Å². The largest absolute Gasteiger partial charge is 0.356 e. The van der Waals surface area contributed by atoms with Crippen molar-refractivity contribution in [2.45, 2.75) is 38.1 Å². The van der Waals surface area contributed by atoms with Crippen molar-refractivity contribution in [1.29, 1.82) is 0 Å². The average Bonchev–Trinajstić information content (AvgIpc) is 2.83. The number of hydrogen-bond donors (Lipinski definition) is 2. The first-order valence-electron chi connectivity index (χ1n) is 10.3. The van der Waals surface area contributed by atoms with Gasteiger partial charge in [0.2, 0.25) is 11.8 Å². The lowest BCUT2D eigenvalue weighted by Crippen LogP contribution is -2.44. The molecule has 8 nitrogen and oxygen atoms in total. The summed E-state index contributed by atoms with van der Waals surface area (Å²) in [4.78, 5) is 47.4. The van der Waals surface area contributed by atoms with Crippen LogP contribution in [-0.4, -0.2) is 52.2 Å². The van der Waals surface area contributed by atoms with Crippen LogP contribution in [0.5, 0.6) is 0 Å². The second-order valence-corrected chi connectivity index (χ2v) is 7.26. The SMILES string of the molecule is O=C1CC(c2ccccc2)N(C(=O)CNC(=O)c2cnccn2)CCCCCCN1. The number of nitrogens with one attached hydrogen (secondary N) is 2. The Labute approximate surface area is 176 Å². The molecule has 0 aliphatic carbocycles. The lowest BCUT2D eigenvalue weighted by atomic mass is 10.0. The molecule has 8 heteroatoms. The summed E-state index contributed by atoms with van der Waals surface area (Å²) >= 11 is 0. The summed E-state index contributed by atoms with van der Waals surface area (Å²) in [7, 11) is 0. The van der Waals surface area contributed by atoms with Crippen molar-refractivity contribution >= 4 is 17.7 Å². The Morgan fingerprint density at radius 2 is 1.90 bits per heavy atom. The van der Waals surface area contributed by atoms with E-state index >= 15 is 0 Å². The van der Waals surface area contributed by atoms with E-state index in [1.165, 1.54) is 18.6 Å². The number of carbonyl (C=O) groups excluding carboxylic acids is 3. The molecule has 3 amide bonds. The van der Waals surface area contributed by atoms with Gasteiger partial charge in [-0.2, -0.15) is 0 Å². The Balaban J connectivity index is 1.76. The minimum atomic E-state index is -0.455. The van der Waals surface area contributed by atoms with Crippen LogP contribution in [0, 0.1) is 0 Å². The molecule has 1 fully saturated rings. The lowest BCUT2D eigenvalue weighted by Gasteiger charge is -2.32. The Bertz CT molecular complexity index is 844. The van der Waals surface area contributed by atoms with Crippen LogP contribution in [0.3, 0.4) is 0 Å². The molecule has 0 radical (unpaired) electrons. The molecule has 1 saturated heterocycles. The number of benzene rings is 1. The highest BCUT2D eigenvalue weighted by molar-refractivity contribution is 5.94. The van der Waals surface area contributed by atoms with E-state index in [-0.39, 0.29) is 36.5 Å². The van der Waals surface area contributed by atoms with Crippen molar-refractivity contribution in [3.63, 3.8) is 0 Å². The molecule has 1 aliphatic heterocycles. The van der Waals surface area contributed by atoms with E-state index in [2.05, 4.69) is 20.6 Å². The van der Waals surface area contributed by atoms with Gasteiger partial charge in [-0.05, 0) is 18.4 Å². The van der Waals surface area contributed by atoms with Gasteiger partial charge in [-0.15, -0.1) is 0 Å². The zero-order valence-corrected chi connectivity index (χ0v) is 16.9. The molecule has 158 valence electrons. The van der Waals surface area contributed by atoms with Gasteiger partial charge >= 0.3 is 0 Å². The summed E-state index contributed by atoms with van der Waals surface area (Å²) in [6.07, 6.45) is 8.21. The first kappa shape index (κ1) is 21.4. The zero-order chi connectivity index (χ0) is 21.2. The van der Waals surface area contributed by atoms with E-state index in [1.54, 1.807) is 4.90 Å². The fourth-order valence-electron chi connectivity index (χ4n) is 3.54. The number of hydrogen-bond acceptors (Lipinski definition) is 5. The molecule has 3 rings (SSSR count). The first-order chi connectivity index (χ1) is 14.6. The third kappa shape index (κ3) is 6.10. The molecule has 0 spiro atoms. The van der Waals surface area contributed by atoms with Gasteiger partial charge in [0, 0.05) is 25.5 Å². The minimum Gasteiger partial charge on any atom is -0.356 e. The summed E-state index contributed by atoms with van der Waals surface area (Å²) in [5.41, 5.74) is 1.06. The van der Waals surface area contributed by atoms with Gasteiger partial charge in [-0.25, -0.2) is 4.98 Å². The Morgan fingerprint density at radius 1 is 1.10 bits per heavy atom. The van der Waals surface area contributed by atoms with Crippen LogP contribution in [-0.2, 0) is 9.59 Å². The molecular formula is C22H27N5O3. The summed E-state index contributed by atoms with van der Waals surface area (Å²) in [6.45, 7) is 1.02. The maximum absolute atomic E-state index is 13.1. The summed E-state index contributed by atoms with van der Waals surface area (Å²) < 4.78 is 0. The van der Waals surface area contributed by atoms with Gasteiger partial charge in [-0.3, -0.25) is 19.4 Å². The molecule has 0 saturated carbocycles. The predicted molar refractivity (Wildman–Crippen MR) is 111 cm³/mol. The maximum Gasteiger partial charge on any atom is 0.271 e. The molecule has 2 heterocycles. The maximum atomic E-state index is 13.1. The molecule has 1 atom stereocenters. The quantitative estimate of drug-likeness (QED) is 0.802. The molecular weight excluding hydrogens is 382 g/mol. The van der Waals surface area contributed by atoms with Gasteiger partial charge < -0.3 is 15.5 Å². The van der Waals surface area contributed by atoms with Crippen LogP contribution in [0.1, 0.15) is 54.2 Å². The standard InChI is InChI=1S/C22H27N5O3/c28-20-14-19(17-8-4-3-5-9-17)27(13-7-2-1-6-10-25-20)21(29)16-26-22(30)18-15-23-11-12-24-18/h3-5,8-9,11-12,15,19H,1-2,6-7,10,13-14,16H2,(H,25,28)(H,26,30). The van der Waals surface area contributed by atoms with Gasteiger partial charge in [-0.1, -0.05) is 43.2 Å². The number of amides is 3. The molecule has 2 aromatic rings. The lowest BCUT2D eigenvalue weighted by molar-refractivity contribution is -0.134. The molecule has 1 unspecified atom stereocenters. The number of aromatic nitrogens is 2. The van der Waals surface area contributed by atoms with Crippen LogP contribution >= 0.6 is 0 Å². The molecule has 2 N–H and O–H groups in total. The van der Waals surface area contributed by atoms with Crippen molar-refractivity contribution in [1.82, 2.24) is 25.5 Å². The molecule has 1 aliphatic rings. The van der Waals surface area contributed by atoms with Crippen molar-refractivity contribution in [3.05, 3.63) is 60.2 Å². The number of carbonyl (C=O) groups is 3. The van der Waals surface area contributed by atoms with Crippen molar-refractivity contribution in [2.24, 2.45) is 0 Å². The van der Waals surface area contributed by atoms with E-state index < -0.39 is 5.91 Å². The van der Waals surface area contributed by atoms with Crippen molar-refractivity contribution in [2.75, 3.05) is 19.6 Å². The summed E-state index contributed by atoms with van der Waals surface area (Å²) in [5.74, 6) is -0.761. The third-order valence-electron chi connectivity index (χ3n) is 5.10. The Kier molecular flexibility index (Phi) is 7.88. The molecule has 30 heavy (non-hydrogen) atoms. The highest BCUT2D eigenvalue weighted by Gasteiger charge is 2.27. The Hall–Kier alpha value is -3.29. The van der Waals surface area contributed by atoms with E-state index in [9.17, 15) is 14.4 Å². The third-order valence-corrected chi connectivity index (χ3v) is 5.10. The average molecular weight is 409 g/mol. The highest BCUT2D eigenvalue weighted by atomic mass is 16.2. The van der Waals surface area contributed by atoms with Crippen molar-refractivity contribution < 1.29 is 14.4 Å². The second kappa shape index (κ2) is 11.0. The smallest absolute Gasteiger partial charge is 0.271 e. The monoisotopic (exact) mass is 409 g/mol. The van der Waals surface area contributed by atoms with Crippen LogP contribution in [0.2, 0.25) is 0 Å². The highest BCUT2D eigenvalue weighted by Crippen LogP contribution is 2.25. The normalized spacial score (nSPS) is 18.1. The summed E-state index contributed by atoms with van der Waals surface area (Å²) in [6, 6.07) is 9.17.